The van der Waals surface area contributed by atoms with Crippen LogP contribution >= 0.6 is 11.8 Å². The molecule has 0 aromatic heterocycles. The number of piperidine rings is 1. The van der Waals surface area contributed by atoms with Crippen molar-refractivity contribution < 1.29 is 18.1 Å². The zero-order valence-electron chi connectivity index (χ0n) is 16.7. The minimum atomic E-state index is -3.78. The van der Waals surface area contributed by atoms with Gasteiger partial charge in [-0.2, -0.15) is 4.31 Å². The fourth-order valence-electron chi connectivity index (χ4n) is 3.34. The number of carbonyl (C=O) groups excluding carboxylic acids is 1. The van der Waals surface area contributed by atoms with Crippen molar-refractivity contribution in [2.75, 3.05) is 18.4 Å². The molecule has 0 saturated carbocycles. The van der Waals surface area contributed by atoms with Crippen LogP contribution in [0, 0.1) is 16.0 Å². The van der Waals surface area contributed by atoms with Crippen LogP contribution in [0.15, 0.2) is 57.2 Å². The van der Waals surface area contributed by atoms with E-state index in [9.17, 15) is 23.3 Å². The van der Waals surface area contributed by atoms with E-state index in [2.05, 4.69) is 5.32 Å². The summed E-state index contributed by atoms with van der Waals surface area (Å²) in [6, 6.07) is 10.9. The predicted octanol–water partition coefficient (Wildman–Crippen LogP) is 4.13. The van der Waals surface area contributed by atoms with Gasteiger partial charge in [0.15, 0.2) is 0 Å². The molecule has 2 aromatic rings. The van der Waals surface area contributed by atoms with Gasteiger partial charge in [0.2, 0.25) is 15.9 Å². The zero-order valence-corrected chi connectivity index (χ0v) is 18.3. The first-order valence-electron chi connectivity index (χ1n) is 9.51. The fraction of sp³-hybridized carbons (Fsp3) is 0.350. The van der Waals surface area contributed by atoms with Crippen LogP contribution in [-0.4, -0.2) is 36.6 Å². The highest BCUT2D eigenvalue weighted by Gasteiger charge is 2.30. The maximum Gasteiger partial charge on any atom is 0.284 e. The van der Waals surface area contributed by atoms with Gasteiger partial charge in [0.05, 0.1) is 14.7 Å². The quantitative estimate of drug-likeness (QED) is 0.525. The minimum absolute atomic E-state index is 0.0614. The third-order valence-electron chi connectivity index (χ3n) is 4.79. The molecule has 0 aliphatic carbocycles. The molecule has 1 aliphatic heterocycles. The third-order valence-corrected chi connectivity index (χ3v) is 7.72. The van der Waals surface area contributed by atoms with Gasteiger partial charge in [0, 0.05) is 36.7 Å². The van der Waals surface area contributed by atoms with Crippen LogP contribution in [0.5, 0.6) is 0 Å². The average molecular weight is 450 g/mol. The van der Waals surface area contributed by atoms with Crippen molar-refractivity contribution in [2.45, 2.75) is 41.4 Å². The molecule has 1 N–H and O–H groups in total. The van der Waals surface area contributed by atoms with Gasteiger partial charge in [0.25, 0.3) is 5.69 Å². The lowest BCUT2D eigenvalue weighted by molar-refractivity contribution is -0.388. The molecule has 1 saturated heterocycles. The van der Waals surface area contributed by atoms with E-state index in [1.165, 1.54) is 23.4 Å². The second-order valence-electron chi connectivity index (χ2n) is 7.30. The lowest BCUT2D eigenvalue weighted by atomic mass is 10.0. The van der Waals surface area contributed by atoms with Gasteiger partial charge >= 0.3 is 0 Å². The minimum Gasteiger partial charge on any atom is -0.326 e. The Morgan fingerprint density at radius 2 is 1.93 bits per heavy atom. The number of nitro groups is 1. The van der Waals surface area contributed by atoms with Crippen LogP contribution in [0.25, 0.3) is 0 Å². The number of rotatable bonds is 6. The van der Waals surface area contributed by atoms with E-state index in [1.54, 1.807) is 24.3 Å². The number of benzene rings is 2. The molecule has 30 heavy (non-hydrogen) atoms. The third kappa shape index (κ3) is 5.18. The Morgan fingerprint density at radius 3 is 2.53 bits per heavy atom. The Hall–Kier alpha value is -2.43. The molecule has 1 atom stereocenters. The number of sulfonamides is 1. The topological polar surface area (TPSA) is 110 Å². The molecular formula is C20H23N3O5S2. The van der Waals surface area contributed by atoms with Gasteiger partial charge in [-0.3, -0.25) is 14.9 Å². The van der Waals surface area contributed by atoms with Crippen LogP contribution in [0.4, 0.5) is 11.4 Å². The van der Waals surface area contributed by atoms with E-state index in [4.69, 9.17) is 0 Å². The van der Waals surface area contributed by atoms with Crippen LogP contribution in [0.3, 0.4) is 0 Å². The number of anilines is 1. The fourth-order valence-corrected chi connectivity index (χ4v) is 5.86. The number of nitro benzene ring substituents is 1. The number of amides is 1. The predicted molar refractivity (Wildman–Crippen MR) is 115 cm³/mol. The molecule has 1 unspecified atom stereocenters. The van der Waals surface area contributed by atoms with Crippen molar-refractivity contribution in [3.05, 3.63) is 52.6 Å². The Kier molecular flexibility index (Phi) is 6.79. The van der Waals surface area contributed by atoms with E-state index >= 15 is 0 Å². The summed E-state index contributed by atoms with van der Waals surface area (Å²) in [4.78, 5) is 23.2. The molecule has 8 nitrogen and oxygen atoms in total. The molecule has 10 heteroatoms. The Labute approximate surface area is 179 Å². The average Bonchev–Trinajstić information content (AvgIpc) is 2.69. The highest BCUT2D eigenvalue weighted by molar-refractivity contribution is 7.99. The molecule has 0 bridgehead atoms. The first-order chi connectivity index (χ1) is 14.2. The van der Waals surface area contributed by atoms with Crippen LogP contribution in [0.1, 0.15) is 26.7 Å². The molecule has 0 radical (unpaired) electrons. The SMILES string of the molecule is CC(=O)Nc1ccc(Sc2ccc(S(=O)(=O)N3CCCC(C)C3)cc2[N+](=O)[O-])cc1. The summed E-state index contributed by atoms with van der Waals surface area (Å²) >= 11 is 1.16. The van der Waals surface area contributed by atoms with E-state index in [1.807, 2.05) is 6.92 Å². The lowest BCUT2D eigenvalue weighted by Gasteiger charge is -2.30. The van der Waals surface area contributed by atoms with Gasteiger partial charge in [-0.25, -0.2) is 8.42 Å². The molecule has 1 aliphatic rings. The summed E-state index contributed by atoms with van der Waals surface area (Å²) in [5, 5.41) is 14.3. The molecule has 160 valence electrons. The van der Waals surface area contributed by atoms with Crippen molar-refractivity contribution in [1.29, 1.82) is 0 Å². The van der Waals surface area contributed by atoms with Gasteiger partial charge in [-0.1, -0.05) is 18.7 Å². The van der Waals surface area contributed by atoms with Crippen molar-refractivity contribution in [1.82, 2.24) is 4.31 Å². The summed E-state index contributed by atoms with van der Waals surface area (Å²) in [6.07, 6.45) is 1.76. The van der Waals surface area contributed by atoms with Crippen molar-refractivity contribution in [3.8, 4) is 0 Å². The summed E-state index contributed by atoms with van der Waals surface area (Å²) in [7, 11) is -3.78. The second-order valence-corrected chi connectivity index (χ2v) is 10.4. The van der Waals surface area contributed by atoms with Crippen molar-refractivity contribution >= 4 is 39.1 Å². The number of hydrogen-bond donors (Lipinski definition) is 1. The molecule has 1 amide bonds. The van der Waals surface area contributed by atoms with Crippen LogP contribution in [-0.2, 0) is 14.8 Å². The van der Waals surface area contributed by atoms with Gasteiger partial charge in [-0.15, -0.1) is 0 Å². The molecule has 0 spiro atoms. The van der Waals surface area contributed by atoms with Gasteiger partial charge in [-0.05, 0) is 55.2 Å². The highest BCUT2D eigenvalue weighted by atomic mass is 32.2. The second kappa shape index (κ2) is 9.15. The molecule has 3 rings (SSSR count). The zero-order chi connectivity index (χ0) is 21.9. The number of hydrogen-bond acceptors (Lipinski definition) is 6. The lowest BCUT2D eigenvalue weighted by Crippen LogP contribution is -2.39. The van der Waals surface area contributed by atoms with Crippen molar-refractivity contribution in [3.63, 3.8) is 0 Å². The monoisotopic (exact) mass is 449 g/mol. The summed E-state index contributed by atoms with van der Waals surface area (Å²) in [6.45, 7) is 4.26. The first-order valence-corrected chi connectivity index (χ1v) is 11.8. The maximum atomic E-state index is 13.0. The molecular weight excluding hydrogens is 426 g/mol. The largest absolute Gasteiger partial charge is 0.326 e. The summed E-state index contributed by atoms with van der Waals surface area (Å²) < 4.78 is 27.3. The normalized spacial score (nSPS) is 17.5. The number of nitrogens with one attached hydrogen (secondary N) is 1. The first kappa shape index (κ1) is 22.3. The summed E-state index contributed by atoms with van der Waals surface area (Å²) in [5.41, 5.74) is 0.371. The molecule has 2 aromatic carbocycles. The molecule has 1 heterocycles. The van der Waals surface area contributed by atoms with Crippen LogP contribution in [0.2, 0.25) is 0 Å². The Balaban J connectivity index is 1.87. The van der Waals surface area contributed by atoms with Crippen molar-refractivity contribution in [2.24, 2.45) is 5.92 Å². The number of carbonyl (C=O) groups is 1. The Bertz CT molecular complexity index is 1050. The summed E-state index contributed by atoms with van der Waals surface area (Å²) in [5.74, 6) is 0.0738. The smallest absolute Gasteiger partial charge is 0.284 e. The number of nitrogens with zero attached hydrogens (tertiary/aromatic N) is 2. The standard InChI is InChI=1S/C20H23N3O5S2/c1-14-4-3-11-22(13-14)30(27,28)18-9-10-20(19(12-18)23(25)26)29-17-7-5-16(6-8-17)21-15(2)24/h5-10,12,14H,3-4,11,13H2,1-2H3,(H,21,24). The van der Waals surface area contributed by atoms with E-state index in [0.29, 0.717) is 23.7 Å². The van der Waals surface area contributed by atoms with E-state index in [-0.39, 0.29) is 22.4 Å². The highest BCUT2D eigenvalue weighted by Crippen LogP contribution is 2.37. The van der Waals surface area contributed by atoms with E-state index < -0.39 is 14.9 Å². The molecule has 1 fully saturated rings. The van der Waals surface area contributed by atoms with Crippen LogP contribution < -0.4 is 5.32 Å². The Morgan fingerprint density at radius 1 is 1.23 bits per heavy atom. The van der Waals surface area contributed by atoms with Gasteiger partial charge in [0.1, 0.15) is 0 Å². The maximum absolute atomic E-state index is 13.0. The van der Waals surface area contributed by atoms with E-state index in [0.717, 1.165) is 35.6 Å². The van der Waals surface area contributed by atoms with Gasteiger partial charge < -0.3 is 5.32 Å².